The molecule has 4 atom stereocenters. The van der Waals surface area contributed by atoms with Crippen LogP contribution in [0, 0.1) is 0 Å². The van der Waals surface area contributed by atoms with Gasteiger partial charge in [0, 0.05) is 5.75 Å². The highest BCUT2D eigenvalue weighted by molar-refractivity contribution is 8.00. The second kappa shape index (κ2) is 9.15. The lowest BCUT2D eigenvalue weighted by Crippen LogP contribution is -2.41. The first-order valence-electron chi connectivity index (χ1n) is 8.34. The molecule has 0 bridgehead atoms. The van der Waals surface area contributed by atoms with Gasteiger partial charge >= 0.3 is 0 Å². The van der Waals surface area contributed by atoms with E-state index in [0.717, 1.165) is 17.4 Å². The van der Waals surface area contributed by atoms with Crippen molar-refractivity contribution in [2.45, 2.75) is 36.8 Å². The van der Waals surface area contributed by atoms with Crippen LogP contribution < -0.4 is 0 Å². The van der Waals surface area contributed by atoms with Crippen molar-refractivity contribution < 1.29 is 19.4 Å². The van der Waals surface area contributed by atoms with Crippen LogP contribution in [0.4, 0.5) is 0 Å². The lowest BCUT2D eigenvalue weighted by atomic mass is 10.1. The zero-order valence-corrected chi connectivity index (χ0v) is 14.7. The Morgan fingerprint density at radius 1 is 1.04 bits per heavy atom. The van der Waals surface area contributed by atoms with Crippen molar-refractivity contribution in [2.75, 3.05) is 5.75 Å². The van der Waals surface area contributed by atoms with E-state index in [-0.39, 0.29) is 5.25 Å². The number of carbonyl (C=O) groups excluding carboxylic acids is 1. The number of rotatable bonds is 8. The van der Waals surface area contributed by atoms with Crippen molar-refractivity contribution in [1.82, 2.24) is 0 Å². The van der Waals surface area contributed by atoms with E-state index in [1.165, 1.54) is 11.8 Å². The molecule has 1 N–H and O–H groups in total. The van der Waals surface area contributed by atoms with Gasteiger partial charge in [0.15, 0.2) is 0 Å². The van der Waals surface area contributed by atoms with E-state index in [1.807, 2.05) is 60.7 Å². The fourth-order valence-electron chi connectivity index (χ4n) is 2.85. The third kappa shape index (κ3) is 4.92. The molecule has 0 saturated carbocycles. The fourth-order valence-corrected chi connectivity index (χ4v) is 4.24. The molecule has 0 radical (unpaired) electrons. The minimum atomic E-state index is -0.608. The second-order valence-corrected chi connectivity index (χ2v) is 7.23. The number of aliphatic hydroxyl groups is 1. The summed E-state index contributed by atoms with van der Waals surface area (Å²) >= 11 is 1.53. The van der Waals surface area contributed by atoms with E-state index >= 15 is 0 Å². The molecule has 0 unspecified atom stereocenters. The Morgan fingerprint density at radius 2 is 1.64 bits per heavy atom. The van der Waals surface area contributed by atoms with Gasteiger partial charge in [-0.05, 0) is 11.1 Å². The Balaban J connectivity index is 1.60. The number of hydrogen-bond acceptors (Lipinski definition) is 5. The zero-order valence-electron chi connectivity index (χ0n) is 13.9. The highest BCUT2D eigenvalue weighted by Gasteiger charge is 2.41. The summed E-state index contributed by atoms with van der Waals surface area (Å²) in [5, 5.41) is 10.0. The van der Waals surface area contributed by atoms with Gasteiger partial charge in [-0.3, -0.25) is 0 Å². The third-order valence-electron chi connectivity index (χ3n) is 4.19. The number of ether oxygens (including phenoxy) is 2. The first-order valence-corrected chi connectivity index (χ1v) is 9.39. The van der Waals surface area contributed by atoms with Gasteiger partial charge in [-0.1, -0.05) is 60.7 Å². The predicted octanol–water partition coefficient (Wildman–Crippen LogP) is 2.83. The molecule has 4 nitrogen and oxygen atoms in total. The molecule has 1 fully saturated rings. The summed E-state index contributed by atoms with van der Waals surface area (Å²) in [4.78, 5) is 11.6. The van der Waals surface area contributed by atoms with Gasteiger partial charge in [-0.2, -0.15) is 0 Å². The Labute approximate surface area is 152 Å². The molecule has 2 aromatic rings. The Kier molecular flexibility index (Phi) is 6.64. The summed E-state index contributed by atoms with van der Waals surface area (Å²) in [5.41, 5.74) is 2.05. The van der Waals surface area contributed by atoms with Gasteiger partial charge in [0.25, 0.3) is 0 Å². The highest BCUT2D eigenvalue weighted by atomic mass is 32.2. The lowest BCUT2D eigenvalue weighted by Gasteiger charge is -2.26. The quantitative estimate of drug-likeness (QED) is 0.736. The SMILES string of the molecule is O=C[C@@H](OCc1ccccc1)[C@H]1SC[C@@H](O)[C@H]1OCc1ccccc1. The van der Waals surface area contributed by atoms with E-state index in [2.05, 4.69) is 0 Å². The van der Waals surface area contributed by atoms with Crippen molar-refractivity contribution in [3.63, 3.8) is 0 Å². The highest BCUT2D eigenvalue weighted by Crippen LogP contribution is 2.33. The molecule has 1 heterocycles. The van der Waals surface area contributed by atoms with Crippen LogP contribution in [0.5, 0.6) is 0 Å². The maximum absolute atomic E-state index is 11.6. The Bertz CT molecular complexity index is 649. The van der Waals surface area contributed by atoms with Crippen molar-refractivity contribution >= 4 is 18.0 Å². The normalized spacial score (nSPS) is 24.1. The Morgan fingerprint density at radius 3 is 2.24 bits per heavy atom. The fraction of sp³-hybridized carbons (Fsp3) is 0.350. The molecule has 25 heavy (non-hydrogen) atoms. The van der Waals surface area contributed by atoms with Gasteiger partial charge in [0.1, 0.15) is 12.4 Å². The molecule has 132 valence electrons. The Hall–Kier alpha value is -1.66. The predicted molar refractivity (Wildman–Crippen MR) is 98.4 cm³/mol. The summed E-state index contributed by atoms with van der Waals surface area (Å²) in [6.45, 7) is 0.771. The van der Waals surface area contributed by atoms with Crippen LogP contribution in [0.15, 0.2) is 60.7 Å². The van der Waals surface area contributed by atoms with Crippen LogP contribution in [-0.4, -0.2) is 40.7 Å². The van der Waals surface area contributed by atoms with Crippen LogP contribution in [0.25, 0.3) is 0 Å². The molecule has 1 saturated heterocycles. The standard InChI is InChI=1S/C20H22O4S/c21-11-18(23-12-15-7-3-1-4-8-15)20-19(17(22)14-25-20)24-13-16-9-5-2-6-10-16/h1-11,17-20,22H,12-14H2/t17-,18-,19-,20-/m1/s1. The first kappa shape index (κ1) is 18.1. The molecule has 0 amide bonds. The summed E-state index contributed by atoms with van der Waals surface area (Å²) in [5.74, 6) is 0.545. The van der Waals surface area contributed by atoms with Gasteiger partial charge in [-0.15, -0.1) is 11.8 Å². The van der Waals surface area contributed by atoms with Crippen LogP contribution in [0.3, 0.4) is 0 Å². The molecule has 5 heteroatoms. The van der Waals surface area contributed by atoms with E-state index < -0.39 is 18.3 Å². The molecule has 3 rings (SSSR count). The third-order valence-corrected chi connectivity index (χ3v) is 5.65. The molecule has 0 aromatic heterocycles. The first-order chi connectivity index (χ1) is 12.3. The topological polar surface area (TPSA) is 55.8 Å². The molecule has 2 aromatic carbocycles. The smallest absolute Gasteiger partial charge is 0.150 e. The van der Waals surface area contributed by atoms with Gasteiger partial charge in [0.05, 0.1) is 30.7 Å². The maximum Gasteiger partial charge on any atom is 0.150 e. The van der Waals surface area contributed by atoms with Crippen molar-refractivity contribution in [1.29, 1.82) is 0 Å². The van der Waals surface area contributed by atoms with Crippen molar-refractivity contribution in [3.8, 4) is 0 Å². The summed E-state index contributed by atoms with van der Waals surface area (Å²) in [6, 6.07) is 19.6. The number of carbonyl (C=O) groups is 1. The van der Waals surface area contributed by atoms with E-state index in [4.69, 9.17) is 9.47 Å². The van der Waals surface area contributed by atoms with Gasteiger partial charge in [-0.25, -0.2) is 0 Å². The van der Waals surface area contributed by atoms with Crippen LogP contribution in [0.2, 0.25) is 0 Å². The van der Waals surface area contributed by atoms with Crippen LogP contribution >= 0.6 is 11.8 Å². The van der Waals surface area contributed by atoms with E-state index in [9.17, 15) is 9.90 Å². The minimum Gasteiger partial charge on any atom is -0.390 e. The van der Waals surface area contributed by atoms with Crippen LogP contribution in [0.1, 0.15) is 11.1 Å². The number of benzene rings is 2. The lowest BCUT2D eigenvalue weighted by molar-refractivity contribution is -0.123. The van der Waals surface area contributed by atoms with E-state index in [0.29, 0.717) is 19.0 Å². The molecule has 1 aliphatic rings. The van der Waals surface area contributed by atoms with E-state index in [1.54, 1.807) is 0 Å². The molecular weight excluding hydrogens is 336 g/mol. The summed E-state index contributed by atoms with van der Waals surface area (Å²) < 4.78 is 11.8. The second-order valence-electron chi connectivity index (χ2n) is 6.02. The zero-order chi connectivity index (χ0) is 17.5. The molecular formula is C20H22O4S. The van der Waals surface area contributed by atoms with Gasteiger partial charge < -0.3 is 19.4 Å². The van der Waals surface area contributed by atoms with Crippen molar-refractivity contribution in [3.05, 3.63) is 71.8 Å². The van der Waals surface area contributed by atoms with Crippen LogP contribution in [-0.2, 0) is 27.5 Å². The largest absolute Gasteiger partial charge is 0.390 e. The number of aldehydes is 1. The molecule has 0 spiro atoms. The molecule has 0 aliphatic carbocycles. The monoisotopic (exact) mass is 358 g/mol. The number of hydrogen-bond donors (Lipinski definition) is 1. The van der Waals surface area contributed by atoms with Gasteiger partial charge in [0.2, 0.25) is 0 Å². The van der Waals surface area contributed by atoms with Crippen molar-refractivity contribution in [2.24, 2.45) is 0 Å². The average Bonchev–Trinajstić information content (AvgIpc) is 3.03. The average molecular weight is 358 g/mol. The molecule has 1 aliphatic heterocycles. The number of aliphatic hydroxyl groups excluding tert-OH is 1. The maximum atomic E-state index is 11.6. The number of thioether (sulfide) groups is 1. The summed E-state index contributed by atoms with van der Waals surface area (Å²) in [7, 11) is 0. The summed E-state index contributed by atoms with van der Waals surface area (Å²) in [6.07, 6.45) is -0.807. The minimum absolute atomic E-state index is 0.208.